The van der Waals surface area contributed by atoms with Gasteiger partial charge in [-0.25, -0.2) is 13.1 Å². The highest BCUT2D eigenvalue weighted by molar-refractivity contribution is 7.89. The number of nitrogens with zero attached hydrogens (tertiary/aromatic N) is 1. The van der Waals surface area contributed by atoms with Crippen LogP contribution in [0.1, 0.15) is 29.7 Å². The minimum Gasteiger partial charge on any atom is -0.324 e. The molecule has 3 N–H and O–H groups in total. The van der Waals surface area contributed by atoms with Crippen LogP contribution < -0.4 is 10.5 Å². The lowest BCUT2D eigenvalue weighted by Crippen LogP contribution is -2.25. The lowest BCUT2D eigenvalue weighted by molar-refractivity contribution is -0.385. The van der Waals surface area contributed by atoms with Crippen LogP contribution in [0.15, 0.2) is 41.3 Å². The Balaban J connectivity index is 0.00000450. The number of halogens is 5. The monoisotopic (exact) mass is 487 g/mol. The summed E-state index contributed by atoms with van der Waals surface area (Å²) in [6, 6.07) is 5.20. The maximum Gasteiger partial charge on any atom is 0.417 e. The molecule has 2 aromatic rings. The number of rotatable bonds is 7. The number of alkyl halides is 3. The van der Waals surface area contributed by atoms with Crippen molar-refractivity contribution < 1.29 is 26.5 Å². The molecule has 30 heavy (non-hydrogen) atoms. The summed E-state index contributed by atoms with van der Waals surface area (Å²) in [6.45, 7) is 1.64. The van der Waals surface area contributed by atoms with E-state index in [0.717, 1.165) is 30.3 Å². The number of nitro benzene ring substituents is 1. The summed E-state index contributed by atoms with van der Waals surface area (Å²) in [6.07, 6.45) is -4.95. The van der Waals surface area contributed by atoms with E-state index in [2.05, 4.69) is 4.72 Å². The van der Waals surface area contributed by atoms with Crippen LogP contribution in [0.25, 0.3) is 0 Å². The molecule has 7 nitrogen and oxygen atoms in total. The van der Waals surface area contributed by atoms with Gasteiger partial charge >= 0.3 is 6.18 Å². The highest BCUT2D eigenvalue weighted by Gasteiger charge is 2.34. The molecule has 0 spiro atoms. The molecule has 0 saturated heterocycles. The zero-order valence-electron chi connectivity index (χ0n) is 15.4. The highest BCUT2D eigenvalue weighted by Crippen LogP contribution is 2.36. The first kappa shape index (κ1) is 26.1. The predicted octanol–water partition coefficient (Wildman–Crippen LogP) is 4.23. The molecule has 0 amide bonds. The molecule has 166 valence electrons. The van der Waals surface area contributed by atoms with Gasteiger partial charge in [-0.05, 0) is 35.7 Å². The van der Waals surface area contributed by atoms with Gasteiger partial charge in [0.15, 0.2) is 0 Å². The normalized spacial score (nSPS) is 12.9. The molecule has 0 radical (unpaired) electrons. The summed E-state index contributed by atoms with van der Waals surface area (Å²) >= 11 is 5.60. The molecule has 2 rings (SSSR count). The first-order chi connectivity index (χ1) is 13.4. The van der Waals surface area contributed by atoms with E-state index in [4.69, 9.17) is 17.3 Å². The third kappa shape index (κ3) is 6.05. The van der Waals surface area contributed by atoms with Crippen molar-refractivity contribution in [2.75, 3.05) is 6.54 Å². The van der Waals surface area contributed by atoms with Gasteiger partial charge in [0.05, 0.1) is 20.4 Å². The van der Waals surface area contributed by atoms with Crippen LogP contribution in [0.4, 0.5) is 18.9 Å². The van der Waals surface area contributed by atoms with E-state index in [1.807, 2.05) is 0 Å². The summed E-state index contributed by atoms with van der Waals surface area (Å²) in [5, 5.41) is 10.6. The number of non-ortho nitro benzene ring substituents is 1. The number of nitrogens with one attached hydrogen (secondary N) is 1. The smallest absolute Gasteiger partial charge is 0.324 e. The number of benzene rings is 2. The van der Waals surface area contributed by atoms with Crippen molar-refractivity contribution in [1.29, 1.82) is 0 Å². The van der Waals surface area contributed by atoms with E-state index >= 15 is 0 Å². The molecule has 0 unspecified atom stereocenters. The Labute approximate surface area is 182 Å². The Morgan fingerprint density at radius 2 is 1.87 bits per heavy atom. The van der Waals surface area contributed by atoms with Gasteiger partial charge in [0, 0.05) is 24.7 Å². The van der Waals surface area contributed by atoms with Gasteiger partial charge < -0.3 is 5.73 Å². The van der Waals surface area contributed by atoms with Crippen molar-refractivity contribution in [3.63, 3.8) is 0 Å². The van der Waals surface area contributed by atoms with Crippen molar-refractivity contribution >= 4 is 39.7 Å². The number of nitro groups is 1. The van der Waals surface area contributed by atoms with Gasteiger partial charge in [0.1, 0.15) is 0 Å². The quantitative estimate of drug-likeness (QED) is 0.447. The van der Waals surface area contributed by atoms with Crippen LogP contribution in [0.2, 0.25) is 5.02 Å². The van der Waals surface area contributed by atoms with Gasteiger partial charge in [0.25, 0.3) is 5.69 Å². The third-order valence-corrected chi connectivity index (χ3v) is 6.02. The van der Waals surface area contributed by atoms with Gasteiger partial charge in [-0.3, -0.25) is 10.1 Å². The maximum absolute atomic E-state index is 13.1. The Morgan fingerprint density at radius 1 is 1.23 bits per heavy atom. The zero-order chi connectivity index (χ0) is 22.0. The second-order valence-corrected chi connectivity index (χ2v) is 8.24. The first-order valence-electron chi connectivity index (χ1n) is 8.26. The van der Waals surface area contributed by atoms with Crippen LogP contribution in [-0.4, -0.2) is 19.9 Å². The van der Waals surface area contributed by atoms with Crippen LogP contribution in [-0.2, 0) is 22.6 Å². The second-order valence-electron chi connectivity index (χ2n) is 6.10. The van der Waals surface area contributed by atoms with Crippen LogP contribution in [0, 0.1) is 10.1 Å². The third-order valence-electron chi connectivity index (χ3n) is 4.04. The van der Waals surface area contributed by atoms with Crippen molar-refractivity contribution in [2.24, 2.45) is 5.73 Å². The van der Waals surface area contributed by atoms with Gasteiger partial charge in [0.2, 0.25) is 10.0 Å². The minimum absolute atomic E-state index is 0. The van der Waals surface area contributed by atoms with E-state index in [1.54, 1.807) is 6.92 Å². The summed E-state index contributed by atoms with van der Waals surface area (Å²) in [5.41, 5.74) is 4.63. The molecule has 0 aliphatic rings. The predicted molar refractivity (Wildman–Crippen MR) is 108 cm³/mol. The van der Waals surface area contributed by atoms with Crippen molar-refractivity contribution in [2.45, 2.75) is 30.5 Å². The van der Waals surface area contributed by atoms with Crippen molar-refractivity contribution in [1.82, 2.24) is 4.72 Å². The van der Waals surface area contributed by atoms with E-state index in [-0.39, 0.29) is 47.1 Å². The van der Waals surface area contributed by atoms with Crippen LogP contribution in [0.3, 0.4) is 0 Å². The molecule has 0 aliphatic carbocycles. The molecule has 2 aromatic carbocycles. The summed E-state index contributed by atoms with van der Waals surface area (Å²) < 4.78 is 66.3. The van der Waals surface area contributed by atoms with E-state index in [9.17, 15) is 31.7 Å². The average Bonchev–Trinajstić information content (AvgIpc) is 2.60. The largest absolute Gasteiger partial charge is 0.417 e. The maximum atomic E-state index is 13.1. The van der Waals surface area contributed by atoms with Gasteiger partial charge in [-0.15, -0.1) is 12.4 Å². The Bertz CT molecular complexity index is 1030. The standard InChI is InChI=1S/C17H17ClF3N3O4S.ClH/c1-2-23-29(27,28)16-6-4-12(24(25)26)7-11(16)9-15(22)10-3-5-14(18)13(8-10)17(19,20)21;/h3-8,15,23H,2,9,22H2,1H3;1H/t15-;/m0./s1. The van der Waals surface area contributed by atoms with E-state index in [0.29, 0.717) is 0 Å². The minimum atomic E-state index is -4.70. The number of nitrogens with two attached hydrogens (primary N) is 1. The van der Waals surface area contributed by atoms with E-state index < -0.39 is 37.8 Å². The lowest BCUT2D eigenvalue weighted by Gasteiger charge is -2.17. The first-order valence-corrected chi connectivity index (χ1v) is 10.1. The lowest BCUT2D eigenvalue weighted by atomic mass is 9.97. The van der Waals surface area contributed by atoms with Crippen LogP contribution in [0.5, 0.6) is 0 Å². The number of hydrogen-bond acceptors (Lipinski definition) is 5. The van der Waals surface area contributed by atoms with Gasteiger partial charge in [-0.2, -0.15) is 13.2 Å². The fraction of sp³-hybridized carbons (Fsp3) is 0.294. The molecular weight excluding hydrogens is 470 g/mol. The molecule has 13 heteroatoms. The summed E-state index contributed by atoms with van der Waals surface area (Å²) in [4.78, 5) is 10.1. The Kier molecular flexibility index (Phi) is 8.64. The summed E-state index contributed by atoms with van der Waals surface area (Å²) in [7, 11) is -3.98. The van der Waals surface area contributed by atoms with E-state index in [1.165, 1.54) is 6.07 Å². The number of sulfonamides is 1. The SMILES string of the molecule is CCNS(=O)(=O)c1ccc([N+](=O)[O-])cc1C[C@H](N)c1ccc(Cl)c(C(F)(F)F)c1.Cl. The molecule has 0 saturated carbocycles. The molecule has 0 heterocycles. The second kappa shape index (κ2) is 9.92. The molecule has 0 bridgehead atoms. The fourth-order valence-electron chi connectivity index (χ4n) is 2.71. The summed E-state index contributed by atoms with van der Waals surface area (Å²) in [5.74, 6) is 0. The van der Waals surface area contributed by atoms with Crippen molar-refractivity contribution in [3.8, 4) is 0 Å². The molecule has 0 aliphatic heterocycles. The molecule has 1 atom stereocenters. The fourth-order valence-corrected chi connectivity index (χ4v) is 4.21. The highest BCUT2D eigenvalue weighted by atomic mass is 35.5. The zero-order valence-corrected chi connectivity index (χ0v) is 17.8. The topological polar surface area (TPSA) is 115 Å². The molecule has 0 aromatic heterocycles. The number of hydrogen-bond donors (Lipinski definition) is 2. The Hall–Kier alpha value is -1.92. The molecule has 0 fully saturated rings. The Morgan fingerprint density at radius 3 is 2.40 bits per heavy atom. The van der Waals surface area contributed by atoms with Gasteiger partial charge in [-0.1, -0.05) is 24.6 Å². The average molecular weight is 488 g/mol. The van der Waals surface area contributed by atoms with Crippen molar-refractivity contribution in [3.05, 3.63) is 68.2 Å². The van der Waals surface area contributed by atoms with Crippen LogP contribution >= 0.6 is 24.0 Å². The molecular formula is C17H18Cl2F3N3O4S.